The minimum atomic E-state index is -0.831. The molecule has 160 valence electrons. The van der Waals surface area contributed by atoms with E-state index in [0.29, 0.717) is 12.3 Å². The lowest BCUT2D eigenvalue weighted by molar-refractivity contribution is -0.145. The molecule has 0 amide bonds. The number of hydrogen-bond acceptors (Lipinski definition) is 2. The third kappa shape index (κ3) is 15.9. The van der Waals surface area contributed by atoms with Gasteiger partial charge in [-0.15, -0.1) is 0 Å². The minimum Gasteiger partial charge on any atom is -0.481 e. The van der Waals surface area contributed by atoms with Gasteiger partial charge < -0.3 is 9.90 Å². The Kier molecular flexibility index (Phi) is 17.9. The van der Waals surface area contributed by atoms with Gasteiger partial charge in [-0.25, -0.2) is 0 Å². The highest BCUT2D eigenvalue weighted by Crippen LogP contribution is 2.24. The lowest BCUT2D eigenvalue weighted by Gasteiger charge is -2.19. The molecule has 0 spiro atoms. The topological polar surface area (TPSA) is 54.4 Å². The van der Waals surface area contributed by atoms with Crippen LogP contribution in [0.3, 0.4) is 0 Å². The fourth-order valence-corrected chi connectivity index (χ4v) is 3.87. The van der Waals surface area contributed by atoms with Gasteiger partial charge in [-0.2, -0.15) is 0 Å². The zero-order valence-electron chi connectivity index (χ0n) is 18.4. The van der Waals surface area contributed by atoms with Crippen molar-refractivity contribution in [2.24, 2.45) is 17.8 Å². The van der Waals surface area contributed by atoms with Crippen LogP contribution < -0.4 is 0 Å². The Morgan fingerprint density at radius 2 is 1.19 bits per heavy atom. The van der Waals surface area contributed by atoms with Crippen LogP contribution in [0.1, 0.15) is 124 Å². The second kappa shape index (κ2) is 18.5. The standard InChI is InChI=1S/C24H46O3/c1-4-5-6-7-8-9-10-11-12-13-14-15-16-17-18-21(2)19-23(24(26)27)22(3)20-25/h20-23H,4-19H2,1-3H3,(H,26,27). The fraction of sp³-hybridized carbons (Fsp3) is 0.917. The number of hydrogen-bond donors (Lipinski definition) is 1. The molecule has 0 bridgehead atoms. The van der Waals surface area contributed by atoms with Gasteiger partial charge in [0.1, 0.15) is 6.29 Å². The van der Waals surface area contributed by atoms with Crippen molar-refractivity contribution in [3.63, 3.8) is 0 Å². The van der Waals surface area contributed by atoms with Gasteiger partial charge in [0.05, 0.1) is 5.92 Å². The van der Waals surface area contributed by atoms with Gasteiger partial charge in [0, 0.05) is 5.92 Å². The van der Waals surface area contributed by atoms with Crippen molar-refractivity contribution in [2.45, 2.75) is 124 Å². The number of unbranched alkanes of at least 4 members (excludes halogenated alkanes) is 13. The van der Waals surface area contributed by atoms with Crippen LogP contribution >= 0.6 is 0 Å². The summed E-state index contributed by atoms with van der Waals surface area (Å²) in [5, 5.41) is 9.26. The van der Waals surface area contributed by atoms with Crippen molar-refractivity contribution in [3.05, 3.63) is 0 Å². The minimum absolute atomic E-state index is 0.380. The molecular weight excluding hydrogens is 336 g/mol. The number of carboxylic acids is 1. The average molecular weight is 383 g/mol. The van der Waals surface area contributed by atoms with Gasteiger partial charge in [0.25, 0.3) is 0 Å². The summed E-state index contributed by atoms with van der Waals surface area (Å²) < 4.78 is 0. The second-order valence-electron chi connectivity index (χ2n) is 8.67. The molecule has 3 unspecified atom stereocenters. The van der Waals surface area contributed by atoms with Crippen molar-refractivity contribution < 1.29 is 14.7 Å². The van der Waals surface area contributed by atoms with E-state index in [9.17, 15) is 14.7 Å². The van der Waals surface area contributed by atoms with Crippen molar-refractivity contribution in [1.82, 2.24) is 0 Å². The number of aldehydes is 1. The van der Waals surface area contributed by atoms with E-state index in [0.717, 1.165) is 12.7 Å². The largest absolute Gasteiger partial charge is 0.481 e. The molecule has 3 nitrogen and oxygen atoms in total. The molecule has 0 aromatic heterocycles. The first-order valence-electron chi connectivity index (χ1n) is 11.7. The number of carboxylic acid groups (broad SMARTS) is 1. The molecule has 0 aliphatic heterocycles. The van der Waals surface area contributed by atoms with Crippen LogP contribution in [0, 0.1) is 17.8 Å². The molecule has 0 saturated carbocycles. The highest BCUT2D eigenvalue weighted by Gasteiger charge is 2.26. The van der Waals surface area contributed by atoms with E-state index in [1.165, 1.54) is 89.9 Å². The van der Waals surface area contributed by atoms with Crippen molar-refractivity contribution >= 4 is 12.3 Å². The molecule has 27 heavy (non-hydrogen) atoms. The SMILES string of the molecule is CCCCCCCCCCCCCCCCC(C)CC(C(=O)O)C(C)C=O. The van der Waals surface area contributed by atoms with Crippen molar-refractivity contribution in [1.29, 1.82) is 0 Å². The van der Waals surface area contributed by atoms with Crippen molar-refractivity contribution in [3.8, 4) is 0 Å². The maximum absolute atomic E-state index is 11.3. The lowest BCUT2D eigenvalue weighted by atomic mass is 9.85. The van der Waals surface area contributed by atoms with E-state index in [4.69, 9.17) is 0 Å². The third-order valence-electron chi connectivity index (χ3n) is 5.87. The van der Waals surface area contributed by atoms with E-state index >= 15 is 0 Å². The Balaban J connectivity index is 3.45. The van der Waals surface area contributed by atoms with Crippen LogP contribution in [0.2, 0.25) is 0 Å². The molecule has 0 heterocycles. The first-order chi connectivity index (χ1) is 13.0. The van der Waals surface area contributed by atoms with Gasteiger partial charge in [0.2, 0.25) is 0 Å². The maximum atomic E-state index is 11.3. The molecule has 3 heteroatoms. The van der Waals surface area contributed by atoms with Crippen LogP contribution in [0.5, 0.6) is 0 Å². The molecular formula is C24H46O3. The summed E-state index contributed by atoms with van der Waals surface area (Å²) in [7, 11) is 0. The van der Waals surface area contributed by atoms with Crippen LogP contribution in [-0.2, 0) is 9.59 Å². The molecule has 3 atom stereocenters. The summed E-state index contributed by atoms with van der Waals surface area (Å²) in [5.74, 6) is -1.36. The molecule has 1 N–H and O–H groups in total. The molecule has 0 aliphatic carbocycles. The van der Waals surface area contributed by atoms with E-state index in [1.54, 1.807) is 6.92 Å². The Bertz CT molecular complexity index is 354. The number of carbonyl (C=O) groups is 2. The normalized spacial score (nSPS) is 14.6. The quantitative estimate of drug-likeness (QED) is 0.176. The summed E-state index contributed by atoms with van der Waals surface area (Å²) in [6.07, 6.45) is 21.5. The maximum Gasteiger partial charge on any atom is 0.307 e. The molecule has 0 saturated heterocycles. The number of carbonyl (C=O) groups excluding carboxylic acids is 1. The van der Waals surface area contributed by atoms with Gasteiger partial charge in [-0.3, -0.25) is 4.79 Å². The average Bonchev–Trinajstić information content (AvgIpc) is 2.65. The zero-order chi connectivity index (χ0) is 20.3. The monoisotopic (exact) mass is 382 g/mol. The van der Waals surface area contributed by atoms with E-state index in [1.807, 2.05) is 0 Å². The Labute approximate surface area is 168 Å². The summed E-state index contributed by atoms with van der Waals surface area (Å²) in [6, 6.07) is 0. The van der Waals surface area contributed by atoms with E-state index in [-0.39, 0.29) is 5.92 Å². The predicted molar refractivity (Wildman–Crippen MR) is 115 cm³/mol. The molecule has 0 aliphatic rings. The summed E-state index contributed by atoms with van der Waals surface area (Å²) >= 11 is 0. The summed E-state index contributed by atoms with van der Waals surface area (Å²) in [5.41, 5.74) is 0. The summed E-state index contributed by atoms with van der Waals surface area (Å²) in [4.78, 5) is 22.1. The Morgan fingerprint density at radius 1 is 0.778 bits per heavy atom. The summed E-state index contributed by atoms with van der Waals surface area (Å²) in [6.45, 7) is 6.10. The second-order valence-corrected chi connectivity index (χ2v) is 8.67. The molecule has 0 aromatic carbocycles. The van der Waals surface area contributed by atoms with Crippen LogP contribution in [0.25, 0.3) is 0 Å². The van der Waals surface area contributed by atoms with Gasteiger partial charge in [0.15, 0.2) is 0 Å². The smallest absolute Gasteiger partial charge is 0.307 e. The first-order valence-corrected chi connectivity index (χ1v) is 11.7. The number of rotatable bonds is 20. The van der Waals surface area contributed by atoms with Crippen LogP contribution in [-0.4, -0.2) is 17.4 Å². The van der Waals surface area contributed by atoms with Gasteiger partial charge >= 0.3 is 5.97 Å². The molecule has 0 fully saturated rings. The molecule has 0 radical (unpaired) electrons. The highest BCUT2D eigenvalue weighted by molar-refractivity contribution is 5.74. The Morgan fingerprint density at radius 3 is 1.56 bits per heavy atom. The molecule has 0 aromatic rings. The van der Waals surface area contributed by atoms with Crippen molar-refractivity contribution in [2.75, 3.05) is 0 Å². The molecule has 0 rings (SSSR count). The fourth-order valence-electron chi connectivity index (χ4n) is 3.87. The highest BCUT2D eigenvalue weighted by atomic mass is 16.4. The Hall–Kier alpha value is -0.860. The lowest BCUT2D eigenvalue weighted by Crippen LogP contribution is -2.24. The van der Waals surface area contributed by atoms with E-state index in [2.05, 4.69) is 13.8 Å². The van der Waals surface area contributed by atoms with Gasteiger partial charge in [-0.1, -0.05) is 117 Å². The van der Waals surface area contributed by atoms with E-state index < -0.39 is 11.9 Å². The van der Waals surface area contributed by atoms with Crippen LogP contribution in [0.15, 0.2) is 0 Å². The van der Waals surface area contributed by atoms with Gasteiger partial charge in [-0.05, 0) is 12.3 Å². The zero-order valence-corrected chi connectivity index (χ0v) is 18.4. The van der Waals surface area contributed by atoms with Crippen LogP contribution in [0.4, 0.5) is 0 Å². The predicted octanol–water partition coefficient (Wildman–Crippen LogP) is 7.42. The number of aliphatic carboxylic acids is 1. The third-order valence-corrected chi connectivity index (χ3v) is 5.87. The first kappa shape index (κ1) is 26.1.